The molecule has 1 N–H and O–H groups in total. The Bertz CT molecular complexity index is 163. The van der Waals surface area contributed by atoms with Gasteiger partial charge in [-0.15, -0.1) is 0 Å². The summed E-state index contributed by atoms with van der Waals surface area (Å²) >= 11 is 0. The summed E-state index contributed by atoms with van der Waals surface area (Å²) in [6, 6.07) is 1.97. The summed E-state index contributed by atoms with van der Waals surface area (Å²) in [6.07, 6.45) is 4.86. The van der Waals surface area contributed by atoms with Gasteiger partial charge < -0.3 is 5.32 Å². The smallest absolute Gasteiger partial charge is 0.103 e. The Kier molecular flexibility index (Phi) is 5.17. The van der Waals surface area contributed by atoms with Crippen molar-refractivity contribution in [3.63, 3.8) is 0 Å². The average Bonchev–Trinajstić information content (AvgIpc) is 1.97. The molecule has 0 saturated heterocycles. The third-order valence-electron chi connectivity index (χ3n) is 0.949. The molecule has 0 heterocycles. The first-order valence-corrected chi connectivity index (χ1v) is 3.27. The highest BCUT2D eigenvalue weighted by Gasteiger charge is 1.81. The van der Waals surface area contributed by atoms with Gasteiger partial charge in [0.05, 0.1) is 6.07 Å². The number of nitriles is 1. The number of rotatable bonds is 4. The first-order valence-electron chi connectivity index (χ1n) is 3.27. The monoisotopic (exact) mass is 136 g/mol. The molecule has 0 rings (SSSR count). The third-order valence-corrected chi connectivity index (χ3v) is 0.949. The van der Waals surface area contributed by atoms with Crippen LogP contribution in [-0.2, 0) is 0 Å². The maximum absolute atomic E-state index is 8.16. The summed E-state index contributed by atoms with van der Waals surface area (Å²) in [6.45, 7) is 6.06. The molecule has 0 atom stereocenters. The number of hydrogen-bond acceptors (Lipinski definition) is 2. The lowest BCUT2D eigenvalue weighted by Crippen LogP contribution is -2.09. The Hall–Kier alpha value is -1.23. The van der Waals surface area contributed by atoms with Gasteiger partial charge >= 0.3 is 0 Å². The largest absolute Gasteiger partial charge is 0.373 e. The van der Waals surface area contributed by atoms with E-state index in [9.17, 15) is 0 Å². The zero-order valence-electron chi connectivity index (χ0n) is 6.22. The molecule has 2 heteroatoms. The van der Waals surface area contributed by atoms with Gasteiger partial charge in [0, 0.05) is 5.70 Å². The summed E-state index contributed by atoms with van der Waals surface area (Å²) < 4.78 is 0. The molecule has 0 unspecified atom stereocenters. The van der Waals surface area contributed by atoms with Gasteiger partial charge in [0.15, 0.2) is 0 Å². The van der Waals surface area contributed by atoms with E-state index in [-0.39, 0.29) is 0 Å². The summed E-state index contributed by atoms with van der Waals surface area (Å²) in [4.78, 5) is 0. The van der Waals surface area contributed by atoms with Crippen LogP contribution >= 0.6 is 0 Å². The summed E-state index contributed by atoms with van der Waals surface area (Å²) in [5.41, 5.74) is 0.795. The topological polar surface area (TPSA) is 35.8 Å². The van der Waals surface area contributed by atoms with Crippen LogP contribution in [0, 0.1) is 11.3 Å². The fraction of sp³-hybridized carbons (Fsp3) is 0.375. The van der Waals surface area contributed by atoms with Gasteiger partial charge in [0.2, 0.25) is 0 Å². The van der Waals surface area contributed by atoms with Crippen molar-refractivity contribution in [2.24, 2.45) is 0 Å². The third kappa shape index (κ3) is 4.92. The second kappa shape index (κ2) is 5.90. The van der Waals surface area contributed by atoms with Crippen LogP contribution in [0.15, 0.2) is 24.4 Å². The SMILES string of the molecule is C=C(/C=C\CC)NCC#N. The number of nitrogens with one attached hydrogen (secondary N) is 1. The molecule has 0 aliphatic carbocycles. The van der Waals surface area contributed by atoms with E-state index >= 15 is 0 Å². The molecule has 10 heavy (non-hydrogen) atoms. The van der Waals surface area contributed by atoms with Crippen LogP contribution < -0.4 is 5.32 Å². The van der Waals surface area contributed by atoms with Gasteiger partial charge in [-0.3, -0.25) is 0 Å². The molecule has 0 bridgehead atoms. The molecule has 0 amide bonds. The fourth-order valence-electron chi connectivity index (χ4n) is 0.472. The number of allylic oxidation sites excluding steroid dienone is 2. The standard InChI is InChI=1S/C8H12N2/c1-3-4-5-8(2)10-7-6-9/h4-5,10H,2-3,7H2,1H3/b5-4-. The Morgan fingerprint density at radius 2 is 2.50 bits per heavy atom. The molecule has 54 valence electrons. The van der Waals surface area contributed by atoms with Crippen LogP contribution in [0.1, 0.15) is 13.3 Å². The summed E-state index contributed by atoms with van der Waals surface area (Å²) in [5, 5.41) is 11.0. The molecule has 0 aromatic heterocycles. The first-order chi connectivity index (χ1) is 4.81. The molecule has 2 nitrogen and oxygen atoms in total. The second-order valence-electron chi connectivity index (χ2n) is 1.85. The van der Waals surface area contributed by atoms with Crippen molar-refractivity contribution in [1.82, 2.24) is 5.32 Å². The van der Waals surface area contributed by atoms with Gasteiger partial charge in [0.1, 0.15) is 6.54 Å². The quantitative estimate of drug-likeness (QED) is 0.470. The van der Waals surface area contributed by atoms with E-state index in [2.05, 4.69) is 11.9 Å². The fourth-order valence-corrected chi connectivity index (χ4v) is 0.472. The molecule has 0 aliphatic rings. The van der Waals surface area contributed by atoms with Crippen molar-refractivity contribution in [2.45, 2.75) is 13.3 Å². The van der Waals surface area contributed by atoms with Crippen molar-refractivity contribution in [3.8, 4) is 6.07 Å². The molecule has 0 fully saturated rings. The highest BCUT2D eigenvalue weighted by molar-refractivity contribution is 5.12. The van der Waals surface area contributed by atoms with Gasteiger partial charge in [-0.25, -0.2) is 0 Å². The summed E-state index contributed by atoms with van der Waals surface area (Å²) in [7, 11) is 0. The maximum Gasteiger partial charge on any atom is 0.103 e. The Morgan fingerprint density at radius 1 is 1.80 bits per heavy atom. The lowest BCUT2D eigenvalue weighted by molar-refractivity contribution is 0.945. The molecule has 0 aromatic rings. The molecule has 0 aliphatic heterocycles. The van der Waals surface area contributed by atoms with Crippen molar-refractivity contribution in [3.05, 3.63) is 24.4 Å². The highest BCUT2D eigenvalue weighted by Crippen LogP contribution is 1.87. The normalized spacial score (nSPS) is 9.20. The summed E-state index contributed by atoms with van der Waals surface area (Å²) in [5.74, 6) is 0. The average molecular weight is 136 g/mol. The van der Waals surface area contributed by atoms with Gasteiger partial charge in [-0.1, -0.05) is 19.6 Å². The van der Waals surface area contributed by atoms with Gasteiger partial charge in [-0.05, 0) is 12.5 Å². The van der Waals surface area contributed by atoms with Gasteiger partial charge in [-0.2, -0.15) is 5.26 Å². The minimum absolute atomic E-state index is 0.326. The maximum atomic E-state index is 8.16. The van der Waals surface area contributed by atoms with E-state index in [0.717, 1.165) is 12.1 Å². The Morgan fingerprint density at radius 3 is 3.00 bits per heavy atom. The van der Waals surface area contributed by atoms with Crippen LogP contribution in [0.5, 0.6) is 0 Å². The minimum Gasteiger partial charge on any atom is -0.373 e. The highest BCUT2D eigenvalue weighted by atomic mass is 14.9. The van der Waals surface area contributed by atoms with Crippen LogP contribution in [0.25, 0.3) is 0 Å². The lowest BCUT2D eigenvalue weighted by Gasteiger charge is -1.97. The molecule has 0 spiro atoms. The molecule has 0 radical (unpaired) electrons. The molecule has 0 aromatic carbocycles. The van der Waals surface area contributed by atoms with Crippen LogP contribution in [-0.4, -0.2) is 6.54 Å². The van der Waals surface area contributed by atoms with E-state index in [1.54, 1.807) is 0 Å². The van der Waals surface area contributed by atoms with Crippen molar-refractivity contribution in [2.75, 3.05) is 6.54 Å². The number of hydrogen-bond donors (Lipinski definition) is 1. The Labute approximate surface area is 61.9 Å². The van der Waals surface area contributed by atoms with E-state index in [1.165, 1.54) is 0 Å². The van der Waals surface area contributed by atoms with E-state index in [4.69, 9.17) is 5.26 Å². The zero-order chi connectivity index (χ0) is 7.82. The Balaban J connectivity index is 3.46. The molecule has 0 saturated carbocycles. The van der Waals surface area contributed by atoms with Crippen LogP contribution in [0.4, 0.5) is 0 Å². The van der Waals surface area contributed by atoms with Crippen LogP contribution in [0.2, 0.25) is 0 Å². The van der Waals surface area contributed by atoms with Crippen molar-refractivity contribution < 1.29 is 0 Å². The lowest BCUT2D eigenvalue weighted by atomic mass is 10.3. The first kappa shape index (κ1) is 8.77. The van der Waals surface area contributed by atoms with Gasteiger partial charge in [0.25, 0.3) is 0 Å². The van der Waals surface area contributed by atoms with Crippen molar-refractivity contribution >= 4 is 0 Å². The van der Waals surface area contributed by atoms with Crippen LogP contribution in [0.3, 0.4) is 0 Å². The molecular formula is C8H12N2. The predicted octanol–water partition coefficient (Wildman–Crippen LogP) is 1.58. The van der Waals surface area contributed by atoms with E-state index < -0.39 is 0 Å². The number of nitrogens with zero attached hydrogens (tertiary/aromatic N) is 1. The predicted molar refractivity (Wildman–Crippen MR) is 42.2 cm³/mol. The molecular weight excluding hydrogens is 124 g/mol. The second-order valence-corrected chi connectivity index (χ2v) is 1.85. The van der Waals surface area contributed by atoms with E-state index in [0.29, 0.717) is 6.54 Å². The van der Waals surface area contributed by atoms with E-state index in [1.807, 2.05) is 25.1 Å². The zero-order valence-corrected chi connectivity index (χ0v) is 6.22. The minimum atomic E-state index is 0.326. The van der Waals surface area contributed by atoms with Crippen molar-refractivity contribution in [1.29, 1.82) is 5.26 Å².